The summed E-state index contributed by atoms with van der Waals surface area (Å²) in [5.74, 6) is 0.649. The molecule has 1 heterocycles. The lowest BCUT2D eigenvalue weighted by atomic mass is 9.89. The van der Waals surface area contributed by atoms with E-state index < -0.39 is 0 Å². The van der Waals surface area contributed by atoms with E-state index in [-0.39, 0.29) is 11.2 Å². The summed E-state index contributed by atoms with van der Waals surface area (Å²) in [6, 6.07) is 5.23. The van der Waals surface area contributed by atoms with Crippen molar-refractivity contribution in [3.63, 3.8) is 0 Å². The highest BCUT2D eigenvalue weighted by molar-refractivity contribution is 8.00. The number of thioether (sulfide) groups is 1. The van der Waals surface area contributed by atoms with E-state index in [2.05, 4.69) is 5.32 Å². The number of carbonyl (C=O) groups excluding carboxylic acids is 1. The van der Waals surface area contributed by atoms with Crippen LogP contribution in [0.25, 0.3) is 0 Å². The second kappa shape index (κ2) is 7.53. The molecule has 1 saturated carbocycles. The predicted molar refractivity (Wildman–Crippen MR) is 80.3 cm³/mol. The van der Waals surface area contributed by atoms with E-state index in [4.69, 9.17) is 0 Å². The number of aromatic nitrogens is 1. The van der Waals surface area contributed by atoms with Gasteiger partial charge >= 0.3 is 0 Å². The Morgan fingerprint density at radius 2 is 2.20 bits per heavy atom. The van der Waals surface area contributed by atoms with Crippen molar-refractivity contribution >= 4 is 17.7 Å². The molecule has 0 bridgehead atoms. The lowest BCUT2D eigenvalue weighted by Crippen LogP contribution is -2.36. The van der Waals surface area contributed by atoms with Gasteiger partial charge in [-0.1, -0.05) is 19.3 Å². The number of hydrogen-bond acceptors (Lipinski definition) is 3. The predicted octanol–water partition coefficient (Wildman–Crippen LogP) is 2.50. The standard InChI is InChI=1S/C15H22N2O2S/c1-12(20-14-9-5-6-10-17(14)19)15(18)16-11-13-7-3-2-4-8-13/h5-6,9-10,12-13H,2-4,7-8,11H2,1H3,(H,16,18)/t12-/m0/s1. The minimum atomic E-state index is -0.249. The fourth-order valence-electron chi connectivity index (χ4n) is 2.52. The molecule has 5 heteroatoms. The lowest BCUT2D eigenvalue weighted by molar-refractivity contribution is -0.645. The first-order valence-electron chi connectivity index (χ1n) is 7.29. The van der Waals surface area contributed by atoms with E-state index in [1.807, 2.05) is 13.0 Å². The highest BCUT2D eigenvalue weighted by atomic mass is 32.2. The number of rotatable bonds is 5. The van der Waals surface area contributed by atoms with Crippen LogP contribution in [0, 0.1) is 11.1 Å². The summed E-state index contributed by atoms with van der Waals surface area (Å²) < 4.78 is 0.801. The molecule has 110 valence electrons. The average Bonchev–Trinajstić information content (AvgIpc) is 2.48. The van der Waals surface area contributed by atoms with Crippen molar-refractivity contribution < 1.29 is 9.52 Å². The molecule has 1 fully saturated rings. The van der Waals surface area contributed by atoms with Crippen molar-refractivity contribution in [3.8, 4) is 0 Å². The molecule has 2 rings (SSSR count). The first-order chi connectivity index (χ1) is 9.66. The average molecular weight is 294 g/mol. The van der Waals surface area contributed by atoms with Gasteiger partial charge in [-0.25, -0.2) is 0 Å². The van der Waals surface area contributed by atoms with Gasteiger partial charge in [-0.05, 0) is 43.5 Å². The minimum absolute atomic E-state index is 0.0180. The number of nitrogens with one attached hydrogen (secondary N) is 1. The molecular formula is C15H22N2O2S. The molecule has 20 heavy (non-hydrogen) atoms. The summed E-state index contributed by atoms with van der Waals surface area (Å²) in [7, 11) is 0. The molecule has 0 radical (unpaired) electrons. The zero-order valence-corrected chi connectivity index (χ0v) is 12.7. The second-order valence-corrected chi connectivity index (χ2v) is 6.74. The number of nitrogens with zero attached hydrogens (tertiary/aromatic N) is 1. The van der Waals surface area contributed by atoms with Crippen LogP contribution in [0.4, 0.5) is 0 Å². The Labute approximate surface area is 124 Å². The number of pyridine rings is 1. The van der Waals surface area contributed by atoms with Crippen molar-refractivity contribution in [1.82, 2.24) is 5.32 Å². The fourth-order valence-corrected chi connectivity index (χ4v) is 3.39. The van der Waals surface area contributed by atoms with Gasteiger partial charge in [-0.15, -0.1) is 0 Å². The molecule has 0 aliphatic heterocycles. The SMILES string of the molecule is C[C@H](Sc1cccc[n+]1[O-])C(=O)NCC1CCCCC1. The third-order valence-corrected chi connectivity index (χ3v) is 4.87. The quantitative estimate of drug-likeness (QED) is 0.516. The molecule has 4 nitrogen and oxygen atoms in total. The zero-order chi connectivity index (χ0) is 14.4. The van der Waals surface area contributed by atoms with Crippen LogP contribution in [0.3, 0.4) is 0 Å². The molecule has 1 N–H and O–H groups in total. The Morgan fingerprint density at radius 1 is 1.45 bits per heavy atom. The van der Waals surface area contributed by atoms with E-state index >= 15 is 0 Å². The van der Waals surface area contributed by atoms with Gasteiger partial charge in [0.15, 0.2) is 6.20 Å². The third-order valence-electron chi connectivity index (χ3n) is 3.75. The Bertz CT molecular complexity index is 447. The van der Waals surface area contributed by atoms with Gasteiger partial charge in [0.05, 0.1) is 5.25 Å². The normalized spacial score (nSPS) is 17.6. The molecule has 1 aromatic rings. The molecule has 1 aromatic heterocycles. The lowest BCUT2D eigenvalue weighted by Gasteiger charge is -2.22. The molecule has 0 unspecified atom stereocenters. The van der Waals surface area contributed by atoms with E-state index in [9.17, 15) is 10.0 Å². The molecule has 1 aliphatic carbocycles. The summed E-state index contributed by atoms with van der Waals surface area (Å²) >= 11 is 1.30. The molecule has 1 atom stereocenters. The Balaban J connectivity index is 1.78. The largest absolute Gasteiger partial charge is 0.618 e. The monoisotopic (exact) mass is 294 g/mol. The van der Waals surface area contributed by atoms with Crippen molar-refractivity contribution in [3.05, 3.63) is 29.6 Å². The highest BCUT2D eigenvalue weighted by Crippen LogP contribution is 2.23. The van der Waals surface area contributed by atoms with Crippen molar-refractivity contribution in [2.45, 2.75) is 49.3 Å². The first-order valence-corrected chi connectivity index (χ1v) is 8.17. The first kappa shape index (κ1) is 15.2. The van der Waals surface area contributed by atoms with Crippen LogP contribution in [0.5, 0.6) is 0 Å². The van der Waals surface area contributed by atoms with Crippen LogP contribution in [-0.4, -0.2) is 17.7 Å². The summed E-state index contributed by atoms with van der Waals surface area (Å²) in [5, 5.41) is 14.9. The minimum Gasteiger partial charge on any atom is -0.618 e. The van der Waals surface area contributed by atoms with E-state index in [1.165, 1.54) is 50.1 Å². The van der Waals surface area contributed by atoms with Crippen molar-refractivity contribution in [2.75, 3.05) is 6.54 Å². The maximum atomic E-state index is 12.1. The molecular weight excluding hydrogens is 272 g/mol. The van der Waals surface area contributed by atoms with Crippen molar-refractivity contribution in [2.24, 2.45) is 5.92 Å². The molecule has 1 amide bonds. The van der Waals surface area contributed by atoms with E-state index in [0.29, 0.717) is 10.9 Å². The maximum Gasteiger partial charge on any atom is 0.252 e. The summed E-state index contributed by atoms with van der Waals surface area (Å²) in [6.07, 6.45) is 7.79. The zero-order valence-electron chi connectivity index (χ0n) is 11.9. The topological polar surface area (TPSA) is 56.0 Å². The smallest absolute Gasteiger partial charge is 0.252 e. The van der Waals surface area contributed by atoms with Gasteiger partial charge in [0.25, 0.3) is 5.03 Å². The molecule has 1 aliphatic rings. The third kappa shape index (κ3) is 4.40. The van der Waals surface area contributed by atoms with Crippen LogP contribution >= 0.6 is 11.8 Å². The summed E-state index contributed by atoms with van der Waals surface area (Å²) in [5.41, 5.74) is 0. The molecule has 0 aromatic carbocycles. The number of carbonyl (C=O) groups is 1. The summed E-state index contributed by atoms with van der Waals surface area (Å²) in [4.78, 5) is 12.1. The Hall–Kier alpha value is -1.23. The maximum absolute atomic E-state index is 12.1. The molecule has 0 saturated heterocycles. The van der Waals surface area contributed by atoms with Crippen molar-refractivity contribution in [1.29, 1.82) is 0 Å². The van der Waals surface area contributed by atoms with Gasteiger partial charge in [0, 0.05) is 18.7 Å². The highest BCUT2D eigenvalue weighted by Gasteiger charge is 2.20. The van der Waals surface area contributed by atoms with E-state index in [0.717, 1.165) is 11.3 Å². The van der Waals surface area contributed by atoms with Crippen LogP contribution in [0.15, 0.2) is 29.4 Å². The van der Waals surface area contributed by atoms with Crippen LogP contribution in [0.1, 0.15) is 39.0 Å². The van der Waals surface area contributed by atoms with Gasteiger partial charge in [-0.2, -0.15) is 4.73 Å². The van der Waals surface area contributed by atoms with Gasteiger partial charge in [-0.3, -0.25) is 4.79 Å². The van der Waals surface area contributed by atoms with Crippen LogP contribution in [-0.2, 0) is 4.79 Å². The van der Waals surface area contributed by atoms with Crippen LogP contribution < -0.4 is 10.0 Å². The van der Waals surface area contributed by atoms with E-state index in [1.54, 1.807) is 12.1 Å². The van der Waals surface area contributed by atoms with Crippen LogP contribution in [0.2, 0.25) is 0 Å². The van der Waals surface area contributed by atoms with Gasteiger partial charge in [0.2, 0.25) is 5.91 Å². The van der Waals surface area contributed by atoms with Gasteiger partial charge in [0.1, 0.15) is 0 Å². The molecule has 0 spiro atoms. The fraction of sp³-hybridized carbons (Fsp3) is 0.600. The van der Waals surface area contributed by atoms with Gasteiger partial charge < -0.3 is 10.5 Å². The second-order valence-electron chi connectivity index (χ2n) is 5.37. The summed E-state index contributed by atoms with van der Waals surface area (Å²) in [6.45, 7) is 2.61. The number of hydrogen-bond donors (Lipinski definition) is 1. The Kier molecular flexibility index (Phi) is 5.71. The number of amides is 1. The Morgan fingerprint density at radius 3 is 2.90 bits per heavy atom.